The van der Waals surface area contributed by atoms with Crippen LogP contribution in [0.3, 0.4) is 0 Å². The van der Waals surface area contributed by atoms with Crippen LogP contribution < -0.4 is 4.74 Å². The quantitative estimate of drug-likeness (QED) is 0.186. The Kier molecular flexibility index (Phi) is 9.42. The van der Waals surface area contributed by atoms with Crippen LogP contribution in [0.1, 0.15) is 11.1 Å². The van der Waals surface area contributed by atoms with E-state index < -0.39 is 0 Å². The molecule has 0 saturated heterocycles. The second-order valence-corrected chi connectivity index (χ2v) is 9.41. The molecule has 11 heteroatoms. The van der Waals surface area contributed by atoms with Crippen LogP contribution in [-0.4, -0.2) is 81.7 Å². The fourth-order valence-corrected chi connectivity index (χ4v) is 3.94. The molecule has 0 aliphatic heterocycles. The second-order valence-electron chi connectivity index (χ2n) is 9.41. The summed E-state index contributed by atoms with van der Waals surface area (Å²) in [5.41, 5.74) is 6.58. The molecular formula is C30H33N7O4. The molecule has 3 aromatic heterocycles. The zero-order chi connectivity index (χ0) is 28.4. The Morgan fingerprint density at radius 1 is 0.585 bits per heavy atom. The van der Waals surface area contributed by atoms with Crippen LogP contribution in [0.25, 0.3) is 34.2 Å². The van der Waals surface area contributed by atoms with E-state index >= 15 is 0 Å². The van der Waals surface area contributed by atoms with Crippen molar-refractivity contribution in [1.29, 1.82) is 0 Å². The number of rotatable bonds is 14. The molecule has 3 heterocycles. The van der Waals surface area contributed by atoms with Crippen LogP contribution in [0.5, 0.6) is 5.75 Å². The Hall–Kier alpha value is -4.45. The lowest BCUT2D eigenvalue weighted by Gasteiger charge is -2.10. The Labute approximate surface area is 238 Å². The highest BCUT2D eigenvalue weighted by atomic mass is 16.6. The van der Waals surface area contributed by atoms with Crippen LogP contribution in [0.4, 0.5) is 0 Å². The maximum absolute atomic E-state index is 6.05. The lowest BCUT2D eigenvalue weighted by atomic mass is 10.2. The van der Waals surface area contributed by atoms with E-state index in [0.29, 0.717) is 68.2 Å². The molecule has 0 amide bonds. The third kappa shape index (κ3) is 7.60. The molecule has 0 aliphatic rings. The van der Waals surface area contributed by atoms with Crippen LogP contribution >= 0.6 is 0 Å². The van der Waals surface area contributed by atoms with Gasteiger partial charge >= 0.3 is 0 Å². The highest BCUT2D eigenvalue weighted by Crippen LogP contribution is 2.27. The van der Waals surface area contributed by atoms with Crippen molar-refractivity contribution in [3.8, 4) is 39.9 Å². The van der Waals surface area contributed by atoms with Crippen molar-refractivity contribution in [2.45, 2.75) is 13.8 Å². The Bertz CT molecular complexity index is 1430. The van der Waals surface area contributed by atoms with Gasteiger partial charge in [0.15, 0.2) is 0 Å². The first-order valence-electron chi connectivity index (χ1n) is 13.4. The van der Waals surface area contributed by atoms with Crippen molar-refractivity contribution in [2.24, 2.45) is 0 Å². The Morgan fingerprint density at radius 3 is 1.54 bits per heavy atom. The van der Waals surface area contributed by atoms with E-state index in [-0.39, 0.29) is 0 Å². The molecule has 212 valence electrons. The summed E-state index contributed by atoms with van der Waals surface area (Å²) >= 11 is 0. The third-order valence-electron chi connectivity index (χ3n) is 6.21. The molecule has 0 unspecified atom stereocenters. The summed E-state index contributed by atoms with van der Waals surface area (Å²) in [7, 11) is 1.64. The van der Waals surface area contributed by atoms with Gasteiger partial charge in [-0.25, -0.2) is 14.3 Å². The number of hydrogen-bond donors (Lipinski definition) is 0. The highest BCUT2D eigenvalue weighted by Gasteiger charge is 2.15. The second kappa shape index (κ2) is 13.8. The van der Waals surface area contributed by atoms with Crippen molar-refractivity contribution < 1.29 is 18.9 Å². The lowest BCUT2D eigenvalue weighted by molar-refractivity contribution is 0.0180. The van der Waals surface area contributed by atoms with Crippen molar-refractivity contribution in [3.05, 3.63) is 84.2 Å². The van der Waals surface area contributed by atoms with E-state index in [2.05, 4.69) is 20.6 Å². The van der Waals surface area contributed by atoms with Crippen molar-refractivity contribution in [1.82, 2.24) is 35.0 Å². The van der Waals surface area contributed by atoms with Gasteiger partial charge < -0.3 is 18.9 Å². The van der Waals surface area contributed by atoms with Crippen molar-refractivity contribution >= 4 is 0 Å². The van der Waals surface area contributed by atoms with E-state index in [4.69, 9.17) is 23.9 Å². The number of aryl methyl sites for hydroxylation is 2. The predicted molar refractivity (Wildman–Crippen MR) is 153 cm³/mol. The van der Waals surface area contributed by atoms with Gasteiger partial charge in [0.1, 0.15) is 23.7 Å². The number of aromatic nitrogens is 7. The Balaban J connectivity index is 1.34. The summed E-state index contributed by atoms with van der Waals surface area (Å²) in [4.78, 5) is 4.84. The summed E-state index contributed by atoms with van der Waals surface area (Å²) in [6.07, 6.45) is 3.69. The van der Waals surface area contributed by atoms with Gasteiger partial charge in [-0.15, -0.1) is 10.2 Å². The van der Waals surface area contributed by atoms with Gasteiger partial charge in [0, 0.05) is 19.2 Å². The van der Waals surface area contributed by atoms with Crippen LogP contribution in [0, 0.1) is 13.8 Å². The smallest absolute Gasteiger partial charge is 0.132 e. The highest BCUT2D eigenvalue weighted by molar-refractivity contribution is 5.64. The standard InChI is InChI=1S/C30H33N7O4/c1-22-4-8-24(9-5-22)36-20-29(32-34-36)27-18-26(41-17-16-40-15-14-39-13-12-38-3)19-28(31-27)30-21-37(35-33-30)25-10-6-23(2)7-11-25/h4-11,18-21H,12-17H2,1-3H3. The van der Waals surface area contributed by atoms with Crippen LogP contribution in [-0.2, 0) is 14.2 Å². The van der Waals surface area contributed by atoms with Gasteiger partial charge in [-0.2, -0.15) is 0 Å². The molecule has 41 heavy (non-hydrogen) atoms. The maximum atomic E-state index is 6.05. The van der Waals surface area contributed by atoms with Crippen molar-refractivity contribution in [2.75, 3.05) is 46.8 Å². The van der Waals surface area contributed by atoms with Crippen LogP contribution in [0.2, 0.25) is 0 Å². The average molecular weight is 556 g/mol. The first kappa shape index (κ1) is 28.1. The molecule has 5 aromatic rings. The third-order valence-corrected chi connectivity index (χ3v) is 6.21. The van der Waals surface area contributed by atoms with E-state index in [9.17, 15) is 0 Å². The van der Waals surface area contributed by atoms with Gasteiger partial charge in [0.25, 0.3) is 0 Å². The average Bonchev–Trinajstić information content (AvgIpc) is 3.68. The molecule has 0 saturated carbocycles. The molecule has 11 nitrogen and oxygen atoms in total. The normalized spacial score (nSPS) is 11.2. The summed E-state index contributed by atoms with van der Waals surface area (Å²) in [6.45, 7) is 6.94. The molecule has 0 aliphatic carbocycles. The van der Waals surface area contributed by atoms with Gasteiger partial charge in [0.05, 0.1) is 68.2 Å². The molecular weight excluding hydrogens is 522 g/mol. The first-order chi connectivity index (χ1) is 20.1. The predicted octanol–water partition coefficient (Wildman–Crippen LogP) is 4.25. The lowest BCUT2D eigenvalue weighted by Crippen LogP contribution is -2.12. The molecule has 0 bridgehead atoms. The van der Waals surface area contributed by atoms with E-state index in [1.807, 2.05) is 86.9 Å². The van der Waals surface area contributed by atoms with Gasteiger partial charge in [-0.05, 0) is 38.1 Å². The number of pyridine rings is 1. The number of ether oxygens (including phenoxy) is 4. The largest absolute Gasteiger partial charge is 0.491 e. The van der Waals surface area contributed by atoms with Crippen molar-refractivity contribution in [3.63, 3.8) is 0 Å². The molecule has 0 atom stereocenters. The van der Waals surface area contributed by atoms with Crippen LogP contribution in [0.15, 0.2) is 73.1 Å². The van der Waals surface area contributed by atoms with E-state index in [0.717, 1.165) is 11.4 Å². The molecule has 5 rings (SSSR count). The summed E-state index contributed by atoms with van der Waals surface area (Å²) in [5.74, 6) is 0.611. The number of hydrogen-bond acceptors (Lipinski definition) is 9. The summed E-state index contributed by atoms with van der Waals surface area (Å²) in [5, 5.41) is 17.4. The zero-order valence-electron chi connectivity index (χ0n) is 23.4. The topological polar surface area (TPSA) is 111 Å². The zero-order valence-corrected chi connectivity index (χ0v) is 23.4. The Morgan fingerprint density at radius 2 is 1.05 bits per heavy atom. The fraction of sp³-hybridized carbons (Fsp3) is 0.300. The fourth-order valence-electron chi connectivity index (χ4n) is 3.94. The summed E-state index contributed by atoms with van der Waals surface area (Å²) in [6, 6.07) is 19.8. The molecule has 0 N–H and O–H groups in total. The van der Waals surface area contributed by atoms with Gasteiger partial charge in [0.2, 0.25) is 0 Å². The minimum atomic E-state index is 0.354. The number of methoxy groups -OCH3 is 1. The van der Waals surface area contributed by atoms with E-state index in [1.54, 1.807) is 16.5 Å². The molecule has 0 radical (unpaired) electrons. The first-order valence-corrected chi connectivity index (χ1v) is 13.4. The van der Waals surface area contributed by atoms with E-state index in [1.165, 1.54) is 11.1 Å². The number of benzene rings is 2. The van der Waals surface area contributed by atoms with Gasteiger partial charge in [-0.1, -0.05) is 45.8 Å². The molecule has 0 fully saturated rings. The molecule has 0 spiro atoms. The monoisotopic (exact) mass is 555 g/mol. The van der Waals surface area contributed by atoms with Gasteiger partial charge in [-0.3, -0.25) is 0 Å². The minimum absolute atomic E-state index is 0.354. The maximum Gasteiger partial charge on any atom is 0.132 e. The SMILES string of the molecule is COCCOCCOCCOc1cc(-c2cn(-c3ccc(C)cc3)nn2)nc(-c2cn(-c3ccc(C)cc3)nn2)c1. The summed E-state index contributed by atoms with van der Waals surface area (Å²) < 4.78 is 25.5. The minimum Gasteiger partial charge on any atom is -0.491 e. The number of nitrogens with zero attached hydrogens (tertiary/aromatic N) is 7. The molecule has 2 aromatic carbocycles.